The van der Waals surface area contributed by atoms with E-state index in [1.54, 1.807) is 0 Å². The third-order valence-corrected chi connectivity index (χ3v) is 3.96. The number of pyridine rings is 1. The molecule has 0 aliphatic rings. The van der Waals surface area contributed by atoms with Gasteiger partial charge in [-0.3, -0.25) is 0 Å². The van der Waals surface area contributed by atoms with Crippen molar-refractivity contribution in [3.05, 3.63) is 97.2 Å². The van der Waals surface area contributed by atoms with Gasteiger partial charge in [-0.25, -0.2) is 0 Å². The van der Waals surface area contributed by atoms with Crippen LogP contribution in [-0.4, -0.2) is 0 Å². The molecule has 1 nitrogen and oxygen atoms in total. The first-order valence-electron chi connectivity index (χ1n) is 7.48. The molecule has 0 aliphatic carbocycles. The van der Waals surface area contributed by atoms with Gasteiger partial charge in [-0.15, -0.1) is 0 Å². The fourth-order valence-electron chi connectivity index (χ4n) is 2.91. The Kier molecular flexibility index (Phi) is 3.17. The van der Waals surface area contributed by atoms with E-state index in [2.05, 4.69) is 95.7 Å². The second-order valence-electron chi connectivity index (χ2n) is 5.32. The normalized spacial score (nSPS) is 10.7. The van der Waals surface area contributed by atoms with Gasteiger partial charge in [0.15, 0.2) is 6.20 Å². The van der Waals surface area contributed by atoms with Crippen LogP contribution in [0.1, 0.15) is 0 Å². The van der Waals surface area contributed by atoms with Crippen molar-refractivity contribution in [2.75, 3.05) is 0 Å². The fraction of sp³-hybridized carbons (Fsp3) is 0. The molecule has 0 fully saturated rings. The van der Waals surface area contributed by atoms with Crippen LogP contribution in [0.4, 0.5) is 0 Å². The van der Waals surface area contributed by atoms with Crippen molar-refractivity contribution < 1.29 is 4.57 Å². The molecule has 3 aromatic carbocycles. The number of hydrogen-bond donors (Lipinski definition) is 0. The zero-order valence-corrected chi connectivity index (χ0v) is 12.2. The highest BCUT2D eigenvalue weighted by molar-refractivity contribution is 5.92. The van der Waals surface area contributed by atoms with Crippen molar-refractivity contribution in [2.45, 2.75) is 0 Å². The maximum absolute atomic E-state index is 2.24. The van der Waals surface area contributed by atoms with Crippen LogP contribution in [0.15, 0.2) is 97.2 Å². The molecule has 0 amide bonds. The van der Waals surface area contributed by atoms with E-state index < -0.39 is 0 Å². The molecule has 0 unspecified atom stereocenters. The highest BCUT2D eigenvalue weighted by Crippen LogP contribution is 2.26. The molecule has 0 bridgehead atoms. The van der Waals surface area contributed by atoms with E-state index in [1.165, 1.54) is 27.7 Å². The largest absolute Gasteiger partial charge is 0.219 e. The summed E-state index contributed by atoms with van der Waals surface area (Å²) in [6.45, 7) is 0. The van der Waals surface area contributed by atoms with Gasteiger partial charge >= 0.3 is 0 Å². The Morgan fingerprint density at radius 3 is 1.95 bits per heavy atom. The van der Waals surface area contributed by atoms with E-state index in [9.17, 15) is 0 Å². The van der Waals surface area contributed by atoms with Crippen LogP contribution in [0.5, 0.6) is 0 Å². The molecule has 104 valence electrons. The lowest BCUT2D eigenvalue weighted by Gasteiger charge is -2.07. The third-order valence-electron chi connectivity index (χ3n) is 3.96. The van der Waals surface area contributed by atoms with Crippen molar-refractivity contribution in [1.82, 2.24) is 0 Å². The van der Waals surface area contributed by atoms with Gasteiger partial charge in [-0.05, 0) is 11.6 Å². The van der Waals surface area contributed by atoms with E-state index in [-0.39, 0.29) is 0 Å². The van der Waals surface area contributed by atoms with E-state index in [1.807, 2.05) is 6.07 Å². The van der Waals surface area contributed by atoms with Crippen LogP contribution in [-0.2, 0) is 0 Å². The van der Waals surface area contributed by atoms with E-state index in [4.69, 9.17) is 0 Å². The average molecular weight is 282 g/mol. The van der Waals surface area contributed by atoms with Crippen LogP contribution in [0.3, 0.4) is 0 Å². The molecule has 1 heteroatoms. The van der Waals surface area contributed by atoms with Crippen LogP contribution in [0.2, 0.25) is 0 Å². The summed E-state index contributed by atoms with van der Waals surface area (Å²) >= 11 is 0. The molecule has 0 radical (unpaired) electrons. The number of aromatic nitrogens is 1. The number of benzene rings is 3. The molecule has 22 heavy (non-hydrogen) atoms. The van der Waals surface area contributed by atoms with E-state index in [0.29, 0.717) is 0 Å². The number of nitrogens with zero attached hydrogens (tertiary/aromatic N) is 1. The van der Waals surface area contributed by atoms with Gasteiger partial charge < -0.3 is 0 Å². The molecule has 0 atom stereocenters. The number of hydrogen-bond acceptors (Lipinski definition) is 0. The van der Waals surface area contributed by atoms with E-state index in [0.717, 1.165) is 0 Å². The highest BCUT2D eigenvalue weighted by Gasteiger charge is 2.14. The molecular formula is C21H16N+. The molecular weight excluding hydrogens is 266 g/mol. The second-order valence-corrected chi connectivity index (χ2v) is 5.32. The first kappa shape index (κ1) is 12.8. The predicted molar refractivity (Wildman–Crippen MR) is 90.9 cm³/mol. The maximum atomic E-state index is 2.24. The first-order valence-corrected chi connectivity index (χ1v) is 7.48. The van der Waals surface area contributed by atoms with Gasteiger partial charge in [-0.2, -0.15) is 4.57 Å². The highest BCUT2D eigenvalue weighted by atomic mass is 15.0. The summed E-state index contributed by atoms with van der Waals surface area (Å²) in [5.41, 5.74) is 4.91. The van der Waals surface area contributed by atoms with Crippen LogP contribution in [0.25, 0.3) is 27.7 Å². The van der Waals surface area contributed by atoms with Gasteiger partial charge in [0.1, 0.15) is 0 Å². The lowest BCUT2D eigenvalue weighted by Crippen LogP contribution is -2.30. The zero-order valence-electron chi connectivity index (χ0n) is 12.2. The SMILES string of the molecule is c1ccc(-c2cc[n+](-c3ccccc3)c3ccccc23)cc1. The molecule has 4 aromatic rings. The van der Waals surface area contributed by atoms with Crippen LogP contribution in [0, 0.1) is 0 Å². The summed E-state index contributed by atoms with van der Waals surface area (Å²) in [5, 5.41) is 1.26. The first-order chi connectivity index (χ1) is 10.9. The summed E-state index contributed by atoms with van der Waals surface area (Å²) in [4.78, 5) is 0. The molecule has 0 saturated heterocycles. The molecule has 0 spiro atoms. The van der Waals surface area contributed by atoms with Gasteiger partial charge in [0.05, 0.1) is 5.39 Å². The molecule has 4 rings (SSSR count). The summed E-state index contributed by atoms with van der Waals surface area (Å²) < 4.78 is 2.24. The molecule has 0 N–H and O–H groups in total. The van der Waals surface area contributed by atoms with E-state index >= 15 is 0 Å². The summed E-state index contributed by atoms with van der Waals surface area (Å²) in [7, 11) is 0. The molecule has 0 aliphatic heterocycles. The lowest BCUT2D eigenvalue weighted by atomic mass is 10.0. The topological polar surface area (TPSA) is 3.88 Å². The second kappa shape index (κ2) is 5.45. The molecule has 0 saturated carbocycles. The Balaban J connectivity index is 2.01. The number of para-hydroxylation sites is 2. The fourth-order valence-corrected chi connectivity index (χ4v) is 2.91. The molecule has 1 heterocycles. The van der Waals surface area contributed by atoms with Gasteiger partial charge in [0.2, 0.25) is 11.2 Å². The van der Waals surface area contributed by atoms with Crippen LogP contribution >= 0.6 is 0 Å². The standard InChI is InChI=1S/C21H16N/c1-3-9-17(10-4-1)19-15-16-22(18-11-5-2-6-12-18)21-14-8-7-13-20(19)21/h1-16H/q+1. The summed E-state index contributed by atoms with van der Waals surface area (Å²) in [6.07, 6.45) is 2.15. The Bertz CT molecular complexity index is 834. The minimum atomic E-state index is 1.18. The number of rotatable bonds is 2. The minimum absolute atomic E-state index is 1.18. The third kappa shape index (κ3) is 2.17. The minimum Gasteiger partial charge on any atom is -0.160 e. The monoisotopic (exact) mass is 282 g/mol. The molecule has 1 aromatic heterocycles. The Morgan fingerprint density at radius 2 is 1.18 bits per heavy atom. The lowest BCUT2D eigenvalue weighted by molar-refractivity contribution is -0.567. The van der Waals surface area contributed by atoms with Crippen molar-refractivity contribution in [2.24, 2.45) is 0 Å². The summed E-state index contributed by atoms with van der Waals surface area (Å²) in [5.74, 6) is 0. The van der Waals surface area contributed by atoms with Crippen molar-refractivity contribution in [1.29, 1.82) is 0 Å². The Hall–Kier alpha value is -2.93. The van der Waals surface area contributed by atoms with Gasteiger partial charge in [0.25, 0.3) is 0 Å². The van der Waals surface area contributed by atoms with Crippen molar-refractivity contribution >= 4 is 10.9 Å². The van der Waals surface area contributed by atoms with Gasteiger partial charge in [-0.1, -0.05) is 60.7 Å². The average Bonchev–Trinajstić information content (AvgIpc) is 2.62. The smallest absolute Gasteiger partial charge is 0.160 e. The zero-order chi connectivity index (χ0) is 14.8. The Morgan fingerprint density at radius 1 is 0.545 bits per heavy atom. The maximum Gasteiger partial charge on any atom is 0.219 e. The number of fused-ring (bicyclic) bond motifs is 1. The Labute approximate surface area is 130 Å². The van der Waals surface area contributed by atoms with Crippen LogP contribution < -0.4 is 4.57 Å². The van der Waals surface area contributed by atoms with Gasteiger partial charge in [0, 0.05) is 29.8 Å². The summed E-state index contributed by atoms with van der Waals surface area (Å²) in [6, 6.07) is 31.8. The quantitative estimate of drug-likeness (QED) is 0.466. The van der Waals surface area contributed by atoms with Crippen molar-refractivity contribution in [3.8, 4) is 16.8 Å². The predicted octanol–water partition coefficient (Wildman–Crippen LogP) is 4.78. The van der Waals surface area contributed by atoms with Crippen molar-refractivity contribution in [3.63, 3.8) is 0 Å².